The monoisotopic (exact) mass is 372 g/mol. The van der Waals surface area contributed by atoms with Crippen LogP contribution >= 0.6 is 23.4 Å². The molecule has 0 radical (unpaired) electrons. The second-order valence-corrected chi connectivity index (χ2v) is 6.88. The van der Waals surface area contributed by atoms with Crippen LogP contribution in [0.25, 0.3) is 11.4 Å². The van der Waals surface area contributed by atoms with Gasteiger partial charge in [0, 0.05) is 11.3 Å². The number of halogens is 1. The largest absolute Gasteiger partial charge is 0.325 e. The second kappa shape index (κ2) is 7.72. The number of aryl methyl sites for hydroxylation is 1. The number of H-pyrrole nitrogens is 1. The number of nitrogens with one attached hydrogen (secondary N) is 2. The van der Waals surface area contributed by atoms with Gasteiger partial charge in [0.25, 0.3) is 0 Å². The molecule has 5 nitrogen and oxygen atoms in total. The fraction of sp³-hybridized carbons (Fsp3) is 0.167. The van der Waals surface area contributed by atoms with Crippen LogP contribution in [0.2, 0.25) is 5.02 Å². The zero-order chi connectivity index (χ0) is 17.8. The number of benzene rings is 2. The van der Waals surface area contributed by atoms with Crippen LogP contribution in [0.3, 0.4) is 0 Å². The maximum atomic E-state index is 12.2. The van der Waals surface area contributed by atoms with Crippen molar-refractivity contribution in [3.63, 3.8) is 0 Å². The van der Waals surface area contributed by atoms with Gasteiger partial charge in [-0.2, -0.15) is 0 Å². The Labute approximate surface area is 155 Å². The van der Waals surface area contributed by atoms with E-state index in [4.69, 9.17) is 11.6 Å². The standard InChI is InChI=1S/C18H17ClN4OS/c1-11-6-5-9-15(12(11)2)20-16(24)10-25-18-21-17(22-23-18)13-7-3-4-8-14(13)19/h3-9H,10H2,1-2H3,(H,20,24)(H,21,22,23). The zero-order valence-corrected chi connectivity index (χ0v) is 15.4. The van der Waals surface area contributed by atoms with Gasteiger partial charge in [0.1, 0.15) is 0 Å². The van der Waals surface area contributed by atoms with E-state index < -0.39 is 0 Å². The number of rotatable bonds is 5. The molecule has 25 heavy (non-hydrogen) atoms. The summed E-state index contributed by atoms with van der Waals surface area (Å²) in [6.07, 6.45) is 0. The van der Waals surface area contributed by atoms with Gasteiger partial charge >= 0.3 is 0 Å². The quantitative estimate of drug-likeness (QED) is 0.648. The highest BCUT2D eigenvalue weighted by atomic mass is 35.5. The molecule has 3 rings (SSSR count). The smallest absolute Gasteiger partial charge is 0.234 e. The molecule has 128 valence electrons. The first-order chi connectivity index (χ1) is 12.0. The minimum atomic E-state index is -0.0946. The predicted molar refractivity (Wildman–Crippen MR) is 102 cm³/mol. The average molecular weight is 373 g/mol. The molecule has 7 heteroatoms. The summed E-state index contributed by atoms with van der Waals surface area (Å²) in [4.78, 5) is 16.5. The fourth-order valence-electron chi connectivity index (χ4n) is 2.29. The normalized spacial score (nSPS) is 10.7. The summed E-state index contributed by atoms with van der Waals surface area (Å²) in [7, 11) is 0. The highest BCUT2D eigenvalue weighted by Crippen LogP contribution is 2.26. The lowest BCUT2D eigenvalue weighted by Gasteiger charge is -2.09. The summed E-state index contributed by atoms with van der Waals surface area (Å²) in [5.41, 5.74) is 3.82. The molecule has 2 aromatic carbocycles. The third-order valence-electron chi connectivity index (χ3n) is 3.80. The first-order valence-corrected chi connectivity index (χ1v) is 9.07. The minimum Gasteiger partial charge on any atom is -0.325 e. The second-order valence-electron chi connectivity index (χ2n) is 5.53. The van der Waals surface area contributed by atoms with Gasteiger partial charge in [-0.15, -0.1) is 5.10 Å². The van der Waals surface area contributed by atoms with Gasteiger partial charge in [-0.3, -0.25) is 9.89 Å². The van der Waals surface area contributed by atoms with Gasteiger partial charge in [0.2, 0.25) is 11.1 Å². The van der Waals surface area contributed by atoms with Crippen LogP contribution in [0.5, 0.6) is 0 Å². The Morgan fingerprint density at radius 1 is 1.20 bits per heavy atom. The van der Waals surface area contributed by atoms with Gasteiger partial charge in [-0.1, -0.05) is 47.6 Å². The zero-order valence-electron chi connectivity index (χ0n) is 13.8. The molecular formula is C18H17ClN4OS. The highest BCUT2D eigenvalue weighted by Gasteiger charge is 2.12. The SMILES string of the molecule is Cc1cccc(NC(=O)CSc2n[nH]c(-c3ccccc3Cl)n2)c1C. The highest BCUT2D eigenvalue weighted by molar-refractivity contribution is 7.99. The molecule has 0 saturated heterocycles. The number of carbonyl (C=O) groups excluding carboxylic acids is 1. The molecule has 2 N–H and O–H groups in total. The van der Waals surface area contributed by atoms with E-state index in [1.165, 1.54) is 11.8 Å². The van der Waals surface area contributed by atoms with Crippen molar-refractivity contribution in [2.24, 2.45) is 0 Å². The summed E-state index contributed by atoms with van der Waals surface area (Å²) in [6.45, 7) is 4.01. The van der Waals surface area contributed by atoms with Crippen molar-refractivity contribution in [1.82, 2.24) is 15.2 Å². The molecule has 0 bridgehead atoms. The van der Waals surface area contributed by atoms with Crippen molar-refractivity contribution in [1.29, 1.82) is 0 Å². The van der Waals surface area contributed by atoms with Gasteiger partial charge in [-0.05, 0) is 43.2 Å². The van der Waals surface area contributed by atoms with Crippen LogP contribution in [0.15, 0.2) is 47.6 Å². The van der Waals surface area contributed by atoms with Crippen molar-refractivity contribution >= 4 is 35.0 Å². The number of aromatic amines is 1. The predicted octanol–water partition coefficient (Wildman–Crippen LogP) is 4.47. The van der Waals surface area contributed by atoms with Gasteiger partial charge in [-0.25, -0.2) is 4.98 Å². The number of hydrogen-bond donors (Lipinski definition) is 2. The lowest BCUT2D eigenvalue weighted by Crippen LogP contribution is -2.15. The van der Waals surface area contributed by atoms with Crippen LogP contribution in [0, 0.1) is 13.8 Å². The summed E-state index contributed by atoms with van der Waals surface area (Å²) in [5, 5.41) is 11.0. The van der Waals surface area contributed by atoms with Crippen LogP contribution < -0.4 is 5.32 Å². The Morgan fingerprint density at radius 3 is 2.80 bits per heavy atom. The molecular weight excluding hydrogens is 356 g/mol. The van der Waals surface area contributed by atoms with Crippen molar-refractivity contribution in [3.8, 4) is 11.4 Å². The molecule has 0 spiro atoms. The lowest BCUT2D eigenvalue weighted by molar-refractivity contribution is -0.113. The van der Waals surface area contributed by atoms with Crippen LogP contribution in [0.1, 0.15) is 11.1 Å². The van der Waals surface area contributed by atoms with Crippen LogP contribution in [0.4, 0.5) is 5.69 Å². The van der Waals surface area contributed by atoms with E-state index >= 15 is 0 Å². The Kier molecular flexibility index (Phi) is 5.40. The Hall–Kier alpha value is -2.31. The third-order valence-corrected chi connectivity index (χ3v) is 4.98. The third kappa shape index (κ3) is 4.21. The van der Waals surface area contributed by atoms with E-state index in [9.17, 15) is 4.79 Å². The Bertz CT molecular complexity index is 910. The molecule has 0 aliphatic rings. The molecule has 1 heterocycles. The molecule has 0 fully saturated rings. The summed E-state index contributed by atoms with van der Waals surface area (Å²) >= 11 is 7.43. The Balaban J connectivity index is 1.62. The Morgan fingerprint density at radius 2 is 2.00 bits per heavy atom. The van der Waals surface area contributed by atoms with E-state index in [2.05, 4.69) is 20.5 Å². The number of aromatic nitrogens is 3. The van der Waals surface area contributed by atoms with Gasteiger partial charge in [0.05, 0.1) is 10.8 Å². The molecule has 3 aromatic rings. The molecule has 0 aliphatic carbocycles. The van der Waals surface area contributed by atoms with Crippen molar-refractivity contribution in [2.75, 3.05) is 11.1 Å². The van der Waals surface area contributed by atoms with Crippen molar-refractivity contribution in [3.05, 3.63) is 58.6 Å². The number of hydrogen-bond acceptors (Lipinski definition) is 4. The summed E-state index contributed by atoms with van der Waals surface area (Å²) in [5.74, 6) is 0.721. The maximum Gasteiger partial charge on any atom is 0.234 e. The number of amides is 1. The summed E-state index contributed by atoms with van der Waals surface area (Å²) in [6, 6.07) is 13.2. The molecule has 0 aliphatic heterocycles. The average Bonchev–Trinajstić information content (AvgIpc) is 3.06. The van der Waals surface area contributed by atoms with E-state index in [1.807, 2.05) is 50.2 Å². The molecule has 0 unspecified atom stereocenters. The molecule has 1 amide bonds. The first kappa shape index (κ1) is 17.5. The van der Waals surface area contributed by atoms with E-state index in [0.717, 1.165) is 22.4 Å². The summed E-state index contributed by atoms with van der Waals surface area (Å²) < 4.78 is 0. The van der Waals surface area contributed by atoms with Crippen LogP contribution in [-0.2, 0) is 4.79 Å². The first-order valence-electron chi connectivity index (χ1n) is 7.71. The van der Waals surface area contributed by atoms with Crippen molar-refractivity contribution in [2.45, 2.75) is 19.0 Å². The van der Waals surface area contributed by atoms with Crippen molar-refractivity contribution < 1.29 is 4.79 Å². The topological polar surface area (TPSA) is 70.7 Å². The molecule has 0 saturated carbocycles. The van der Waals surface area contributed by atoms with Gasteiger partial charge in [0.15, 0.2) is 5.82 Å². The van der Waals surface area contributed by atoms with E-state index in [-0.39, 0.29) is 11.7 Å². The van der Waals surface area contributed by atoms with E-state index in [1.54, 1.807) is 6.07 Å². The number of anilines is 1. The molecule has 0 atom stereocenters. The number of nitrogens with zero attached hydrogens (tertiary/aromatic N) is 2. The van der Waals surface area contributed by atoms with Gasteiger partial charge < -0.3 is 5.32 Å². The van der Waals surface area contributed by atoms with Crippen LogP contribution in [-0.4, -0.2) is 26.8 Å². The van der Waals surface area contributed by atoms with E-state index in [0.29, 0.717) is 16.0 Å². The maximum absolute atomic E-state index is 12.2. The molecule has 1 aromatic heterocycles. The fourth-order valence-corrected chi connectivity index (χ4v) is 3.11. The number of carbonyl (C=O) groups is 1. The minimum absolute atomic E-state index is 0.0946. The number of thioether (sulfide) groups is 1. The lowest BCUT2D eigenvalue weighted by atomic mass is 10.1.